The molecule has 8 nitrogen and oxygen atoms in total. The van der Waals surface area contributed by atoms with E-state index in [1.54, 1.807) is 13.0 Å². The summed E-state index contributed by atoms with van der Waals surface area (Å²) in [6.07, 6.45) is 2.73. The number of phenolic OH excluding ortho intramolecular Hbond substituents is 1. The molecule has 32 heavy (non-hydrogen) atoms. The molecule has 0 saturated heterocycles. The first-order chi connectivity index (χ1) is 15.0. The van der Waals surface area contributed by atoms with E-state index in [1.165, 1.54) is 31.2 Å². The summed E-state index contributed by atoms with van der Waals surface area (Å²) in [6, 6.07) is 6.92. The Morgan fingerprint density at radius 1 is 1.25 bits per heavy atom. The SMILES string of the molecule is Cc1cc(NC(=O)C(C)C(=O)O)cc(Cl)c1Oc1ccc(O)c(S(=O)(=O)CC2CCC2)c1. The number of amides is 1. The van der Waals surface area contributed by atoms with Gasteiger partial charge in [-0.1, -0.05) is 18.0 Å². The molecule has 3 rings (SSSR count). The van der Waals surface area contributed by atoms with Crippen LogP contribution >= 0.6 is 11.6 Å². The molecule has 0 radical (unpaired) electrons. The number of hydrogen-bond donors (Lipinski definition) is 3. The Labute approximate surface area is 191 Å². The minimum absolute atomic E-state index is 0.0209. The third-order valence-corrected chi connectivity index (χ3v) is 7.61. The maximum atomic E-state index is 12.7. The van der Waals surface area contributed by atoms with Crippen LogP contribution in [0.25, 0.3) is 0 Å². The molecule has 1 amide bonds. The number of rotatable bonds is 8. The molecule has 172 valence electrons. The minimum atomic E-state index is -3.68. The van der Waals surface area contributed by atoms with Crippen molar-refractivity contribution in [2.45, 2.75) is 38.0 Å². The molecule has 0 aromatic heterocycles. The fourth-order valence-corrected chi connectivity index (χ4v) is 5.40. The van der Waals surface area contributed by atoms with Gasteiger partial charge < -0.3 is 20.3 Å². The highest BCUT2D eigenvalue weighted by Gasteiger charge is 2.28. The van der Waals surface area contributed by atoms with E-state index in [9.17, 15) is 23.1 Å². The molecule has 0 bridgehead atoms. The number of carboxylic acids is 1. The van der Waals surface area contributed by atoms with Crippen molar-refractivity contribution in [3.8, 4) is 17.2 Å². The van der Waals surface area contributed by atoms with Gasteiger partial charge in [-0.3, -0.25) is 9.59 Å². The molecule has 1 unspecified atom stereocenters. The standard InChI is InChI=1S/C22H24ClNO7S/c1-12-8-15(24-21(26)13(2)22(27)28)9-17(23)20(12)31-16-6-7-18(25)19(10-16)32(29,30)11-14-4-3-5-14/h6-10,13-14,25H,3-5,11H2,1-2H3,(H,24,26)(H,27,28). The first-order valence-corrected chi connectivity index (χ1v) is 12.1. The smallest absolute Gasteiger partial charge is 0.315 e. The lowest BCUT2D eigenvalue weighted by atomic mass is 9.87. The highest BCUT2D eigenvalue weighted by molar-refractivity contribution is 7.91. The van der Waals surface area contributed by atoms with Crippen LogP contribution < -0.4 is 10.1 Å². The number of ether oxygens (including phenoxy) is 1. The predicted octanol–water partition coefficient (Wildman–Crippen LogP) is 4.38. The Kier molecular flexibility index (Phi) is 7.00. The summed E-state index contributed by atoms with van der Waals surface area (Å²) >= 11 is 6.31. The van der Waals surface area contributed by atoms with Crippen molar-refractivity contribution in [2.24, 2.45) is 11.8 Å². The molecule has 1 saturated carbocycles. The van der Waals surface area contributed by atoms with E-state index >= 15 is 0 Å². The second kappa shape index (κ2) is 9.38. The van der Waals surface area contributed by atoms with Crippen molar-refractivity contribution in [3.63, 3.8) is 0 Å². The molecule has 1 aliphatic rings. The van der Waals surface area contributed by atoms with Crippen molar-refractivity contribution in [1.82, 2.24) is 0 Å². The fraction of sp³-hybridized carbons (Fsp3) is 0.364. The van der Waals surface area contributed by atoms with E-state index in [2.05, 4.69) is 5.32 Å². The number of anilines is 1. The van der Waals surface area contributed by atoms with Crippen LogP contribution in [0.1, 0.15) is 31.7 Å². The summed E-state index contributed by atoms with van der Waals surface area (Å²) in [5.41, 5.74) is 0.829. The van der Waals surface area contributed by atoms with Crippen LogP contribution in [-0.2, 0) is 19.4 Å². The van der Waals surface area contributed by atoms with Gasteiger partial charge in [0, 0.05) is 11.8 Å². The lowest BCUT2D eigenvalue weighted by Gasteiger charge is -2.25. The van der Waals surface area contributed by atoms with Crippen LogP contribution in [0, 0.1) is 18.8 Å². The lowest BCUT2D eigenvalue weighted by Crippen LogP contribution is -2.26. The average Bonchev–Trinajstić information content (AvgIpc) is 2.68. The topological polar surface area (TPSA) is 130 Å². The molecule has 1 atom stereocenters. The summed E-state index contributed by atoms with van der Waals surface area (Å²) in [4.78, 5) is 22.7. The molecule has 1 aliphatic carbocycles. The average molecular weight is 482 g/mol. The van der Waals surface area contributed by atoms with Crippen molar-refractivity contribution in [2.75, 3.05) is 11.1 Å². The Morgan fingerprint density at radius 2 is 1.94 bits per heavy atom. The van der Waals surface area contributed by atoms with Gasteiger partial charge in [-0.15, -0.1) is 0 Å². The van der Waals surface area contributed by atoms with E-state index < -0.39 is 27.6 Å². The van der Waals surface area contributed by atoms with Crippen LogP contribution in [0.15, 0.2) is 35.2 Å². The second-order valence-corrected chi connectivity index (χ2v) is 10.4. The van der Waals surface area contributed by atoms with E-state index in [4.69, 9.17) is 21.4 Å². The number of aliphatic carboxylic acids is 1. The lowest BCUT2D eigenvalue weighted by molar-refractivity contribution is -0.144. The van der Waals surface area contributed by atoms with Crippen molar-refractivity contribution >= 4 is 39.0 Å². The number of phenols is 1. The summed E-state index contributed by atoms with van der Waals surface area (Å²) in [5.74, 6) is -3.02. The maximum absolute atomic E-state index is 12.7. The van der Waals surface area contributed by atoms with Crippen LogP contribution in [0.2, 0.25) is 5.02 Å². The van der Waals surface area contributed by atoms with Crippen LogP contribution in [0.4, 0.5) is 5.69 Å². The molecular formula is C22H24ClNO7S. The molecule has 0 spiro atoms. The molecule has 3 N–H and O–H groups in total. The predicted molar refractivity (Wildman–Crippen MR) is 119 cm³/mol. The first-order valence-electron chi connectivity index (χ1n) is 10.1. The van der Waals surface area contributed by atoms with Gasteiger partial charge in [0.05, 0.1) is 10.8 Å². The third kappa shape index (κ3) is 5.34. The number of benzene rings is 2. The fourth-order valence-electron chi connectivity index (χ4n) is 3.28. The summed E-state index contributed by atoms with van der Waals surface area (Å²) in [6.45, 7) is 2.94. The number of aromatic hydroxyl groups is 1. The van der Waals surface area contributed by atoms with E-state index in [0.29, 0.717) is 11.3 Å². The minimum Gasteiger partial charge on any atom is -0.507 e. The zero-order valence-corrected chi connectivity index (χ0v) is 19.2. The van der Waals surface area contributed by atoms with E-state index in [-0.39, 0.29) is 38.8 Å². The van der Waals surface area contributed by atoms with E-state index in [0.717, 1.165) is 19.3 Å². The molecule has 0 heterocycles. The normalized spacial score (nSPS) is 15.0. The van der Waals surface area contributed by atoms with Gasteiger partial charge in [0.2, 0.25) is 5.91 Å². The number of carboxylic acid groups (broad SMARTS) is 1. The first kappa shape index (κ1) is 23.9. The Morgan fingerprint density at radius 3 is 2.50 bits per heavy atom. The number of hydrogen-bond acceptors (Lipinski definition) is 6. The maximum Gasteiger partial charge on any atom is 0.315 e. The summed E-state index contributed by atoms with van der Waals surface area (Å²) in [7, 11) is -3.68. The number of carbonyl (C=O) groups is 2. The van der Waals surface area contributed by atoms with Crippen LogP contribution in [-0.4, -0.2) is 36.3 Å². The highest BCUT2D eigenvalue weighted by Crippen LogP contribution is 2.38. The molecule has 0 aliphatic heterocycles. The van der Waals surface area contributed by atoms with Crippen molar-refractivity contribution in [1.29, 1.82) is 0 Å². The number of sulfone groups is 1. The number of carbonyl (C=O) groups excluding carboxylic acids is 1. The number of aryl methyl sites for hydroxylation is 1. The zero-order chi connectivity index (χ0) is 23.6. The molecule has 10 heteroatoms. The van der Waals surface area contributed by atoms with Gasteiger partial charge in [-0.25, -0.2) is 8.42 Å². The second-order valence-electron chi connectivity index (χ2n) is 7.96. The van der Waals surface area contributed by atoms with Gasteiger partial charge in [0.25, 0.3) is 0 Å². The number of nitrogens with one attached hydrogen (secondary N) is 1. The van der Waals surface area contributed by atoms with Gasteiger partial charge in [0.1, 0.15) is 28.1 Å². The van der Waals surface area contributed by atoms with Crippen LogP contribution in [0.3, 0.4) is 0 Å². The highest BCUT2D eigenvalue weighted by atomic mass is 35.5. The molecular weight excluding hydrogens is 458 g/mol. The molecule has 1 fully saturated rings. The molecule has 2 aromatic carbocycles. The summed E-state index contributed by atoms with van der Waals surface area (Å²) in [5, 5.41) is 21.7. The summed E-state index contributed by atoms with van der Waals surface area (Å²) < 4.78 is 31.3. The van der Waals surface area contributed by atoms with Gasteiger partial charge in [-0.2, -0.15) is 0 Å². The van der Waals surface area contributed by atoms with Crippen LogP contribution in [0.5, 0.6) is 17.2 Å². The van der Waals surface area contributed by atoms with Crippen molar-refractivity contribution < 1.29 is 33.0 Å². The monoisotopic (exact) mass is 481 g/mol. The number of halogens is 1. The van der Waals surface area contributed by atoms with E-state index in [1.807, 2.05) is 0 Å². The molecule has 2 aromatic rings. The third-order valence-electron chi connectivity index (χ3n) is 5.43. The van der Waals surface area contributed by atoms with Gasteiger partial charge in [-0.05, 0) is 62.4 Å². The van der Waals surface area contributed by atoms with Gasteiger partial charge in [0.15, 0.2) is 9.84 Å². The zero-order valence-electron chi connectivity index (χ0n) is 17.6. The van der Waals surface area contributed by atoms with Crippen molar-refractivity contribution in [3.05, 3.63) is 40.9 Å². The quantitative estimate of drug-likeness (QED) is 0.477. The largest absolute Gasteiger partial charge is 0.507 e. The Balaban J connectivity index is 1.83. The Hall–Kier alpha value is -2.78. The van der Waals surface area contributed by atoms with Gasteiger partial charge >= 0.3 is 5.97 Å². The Bertz CT molecular complexity index is 1140.